The fourth-order valence-corrected chi connectivity index (χ4v) is 3.75. The zero-order chi connectivity index (χ0) is 14.6. The highest BCUT2D eigenvalue weighted by molar-refractivity contribution is 6.13. The van der Waals surface area contributed by atoms with Crippen molar-refractivity contribution in [3.63, 3.8) is 0 Å². The van der Waals surface area contributed by atoms with Gasteiger partial charge in [0.1, 0.15) is 0 Å². The molecule has 21 heavy (non-hydrogen) atoms. The van der Waals surface area contributed by atoms with Gasteiger partial charge in [-0.2, -0.15) is 0 Å². The van der Waals surface area contributed by atoms with E-state index in [0.717, 1.165) is 5.56 Å². The van der Waals surface area contributed by atoms with E-state index in [-0.39, 0.29) is 11.8 Å². The largest absolute Gasteiger partial charge is 0.281 e. The second-order valence-corrected chi connectivity index (χ2v) is 5.92. The van der Waals surface area contributed by atoms with Crippen molar-refractivity contribution in [3.05, 3.63) is 70.8 Å². The Labute approximate surface area is 123 Å². The van der Waals surface area contributed by atoms with E-state index in [9.17, 15) is 9.59 Å². The summed E-state index contributed by atoms with van der Waals surface area (Å²) in [7, 11) is 1.59. The van der Waals surface area contributed by atoms with Gasteiger partial charge in [-0.05, 0) is 35.6 Å². The van der Waals surface area contributed by atoms with Crippen LogP contribution in [-0.2, 0) is 23.1 Å². The summed E-state index contributed by atoms with van der Waals surface area (Å²) in [5.41, 5.74) is 3.36. The third kappa shape index (κ3) is 1.49. The van der Waals surface area contributed by atoms with E-state index in [1.54, 1.807) is 7.05 Å². The number of likely N-dealkylation sites (N-methyl/N-ethyl adjacent to an activating group) is 1. The van der Waals surface area contributed by atoms with Gasteiger partial charge in [-0.3, -0.25) is 14.5 Å². The Hall–Kier alpha value is -2.42. The van der Waals surface area contributed by atoms with Crippen molar-refractivity contribution >= 4 is 11.8 Å². The molecule has 1 aliphatic heterocycles. The maximum Gasteiger partial charge on any atom is 0.260 e. The SMILES string of the molecule is CN1C(=O)c2ccccc2C2(Cc3ccccc3C2)C1=O. The molecular weight excluding hydrogens is 262 g/mol. The Bertz CT molecular complexity index is 753. The zero-order valence-electron chi connectivity index (χ0n) is 11.8. The lowest BCUT2D eigenvalue weighted by atomic mass is 9.72. The fraction of sp³-hybridized carbons (Fsp3) is 0.222. The highest BCUT2D eigenvalue weighted by Gasteiger charge is 2.52. The molecule has 1 spiro atoms. The second-order valence-electron chi connectivity index (χ2n) is 5.92. The molecule has 3 heteroatoms. The van der Waals surface area contributed by atoms with Crippen LogP contribution in [-0.4, -0.2) is 23.8 Å². The molecule has 0 aromatic heterocycles. The predicted molar refractivity (Wildman–Crippen MR) is 79.1 cm³/mol. The van der Waals surface area contributed by atoms with Crippen LogP contribution in [0.2, 0.25) is 0 Å². The van der Waals surface area contributed by atoms with Crippen molar-refractivity contribution in [3.8, 4) is 0 Å². The third-order valence-corrected chi connectivity index (χ3v) is 4.79. The first-order chi connectivity index (χ1) is 10.1. The van der Waals surface area contributed by atoms with Crippen LogP contribution in [0.5, 0.6) is 0 Å². The molecule has 2 amide bonds. The number of carbonyl (C=O) groups excluding carboxylic acids is 2. The zero-order valence-corrected chi connectivity index (χ0v) is 11.8. The lowest BCUT2D eigenvalue weighted by Gasteiger charge is -2.38. The first-order valence-corrected chi connectivity index (χ1v) is 7.12. The minimum Gasteiger partial charge on any atom is -0.281 e. The summed E-state index contributed by atoms with van der Waals surface area (Å²) in [4.78, 5) is 26.5. The first kappa shape index (κ1) is 12.3. The molecule has 104 valence electrons. The summed E-state index contributed by atoms with van der Waals surface area (Å²) in [6.07, 6.45) is 1.35. The molecule has 2 aromatic carbocycles. The van der Waals surface area contributed by atoms with Gasteiger partial charge >= 0.3 is 0 Å². The molecule has 0 radical (unpaired) electrons. The Morgan fingerprint density at radius 1 is 0.905 bits per heavy atom. The van der Waals surface area contributed by atoms with Crippen LogP contribution in [0, 0.1) is 0 Å². The van der Waals surface area contributed by atoms with Crippen molar-refractivity contribution in [2.45, 2.75) is 18.3 Å². The molecule has 0 unspecified atom stereocenters. The smallest absolute Gasteiger partial charge is 0.260 e. The molecule has 4 rings (SSSR count). The number of hydrogen-bond acceptors (Lipinski definition) is 2. The van der Waals surface area contributed by atoms with Gasteiger partial charge in [0.15, 0.2) is 0 Å². The molecule has 0 saturated carbocycles. The molecular formula is C18H15NO2. The van der Waals surface area contributed by atoms with Gasteiger partial charge in [-0.15, -0.1) is 0 Å². The van der Waals surface area contributed by atoms with Gasteiger partial charge in [-0.25, -0.2) is 0 Å². The van der Waals surface area contributed by atoms with Crippen LogP contribution in [0.4, 0.5) is 0 Å². The van der Waals surface area contributed by atoms with Crippen LogP contribution in [0.25, 0.3) is 0 Å². The standard InChI is InChI=1S/C18H15NO2/c1-19-16(20)14-8-4-5-9-15(14)18(17(19)21)10-12-6-2-3-7-13(12)11-18/h2-9H,10-11H2,1H3. The highest BCUT2D eigenvalue weighted by Crippen LogP contribution is 2.44. The number of amides is 2. The monoisotopic (exact) mass is 277 g/mol. The Balaban J connectivity index is 1.96. The maximum absolute atomic E-state index is 12.9. The molecule has 2 aromatic rings. The number of nitrogens with zero attached hydrogens (tertiary/aromatic N) is 1. The number of rotatable bonds is 0. The van der Waals surface area contributed by atoms with Gasteiger partial charge in [-0.1, -0.05) is 42.5 Å². The van der Waals surface area contributed by atoms with Gasteiger partial charge in [0.2, 0.25) is 5.91 Å². The second kappa shape index (κ2) is 4.04. The first-order valence-electron chi connectivity index (χ1n) is 7.12. The van der Waals surface area contributed by atoms with Crippen LogP contribution < -0.4 is 0 Å². The lowest BCUT2D eigenvalue weighted by molar-refractivity contribution is -0.134. The average Bonchev–Trinajstić information content (AvgIpc) is 2.92. The molecule has 0 fully saturated rings. The van der Waals surface area contributed by atoms with Crippen molar-refractivity contribution in [2.75, 3.05) is 7.05 Å². The van der Waals surface area contributed by atoms with Gasteiger partial charge in [0, 0.05) is 12.6 Å². The van der Waals surface area contributed by atoms with Gasteiger partial charge < -0.3 is 0 Å². The van der Waals surface area contributed by atoms with Crippen molar-refractivity contribution in [1.29, 1.82) is 0 Å². The maximum atomic E-state index is 12.9. The number of benzene rings is 2. The van der Waals surface area contributed by atoms with Crippen LogP contribution >= 0.6 is 0 Å². The number of imide groups is 1. The molecule has 3 nitrogen and oxygen atoms in total. The third-order valence-electron chi connectivity index (χ3n) is 4.79. The highest BCUT2D eigenvalue weighted by atomic mass is 16.2. The molecule has 1 heterocycles. The van der Waals surface area contributed by atoms with E-state index in [2.05, 4.69) is 12.1 Å². The van der Waals surface area contributed by atoms with E-state index >= 15 is 0 Å². The van der Waals surface area contributed by atoms with Crippen molar-refractivity contribution in [2.24, 2.45) is 0 Å². The van der Waals surface area contributed by atoms with E-state index in [4.69, 9.17) is 0 Å². The molecule has 1 aliphatic carbocycles. The normalized spacial score (nSPS) is 18.8. The molecule has 0 atom stereocenters. The Morgan fingerprint density at radius 2 is 1.48 bits per heavy atom. The number of fused-ring (bicyclic) bond motifs is 3. The van der Waals surface area contributed by atoms with Crippen LogP contribution in [0.15, 0.2) is 48.5 Å². The topological polar surface area (TPSA) is 37.4 Å². The minimum atomic E-state index is -0.608. The Kier molecular flexibility index (Phi) is 2.37. The summed E-state index contributed by atoms with van der Waals surface area (Å²) >= 11 is 0. The minimum absolute atomic E-state index is 0.0811. The van der Waals surface area contributed by atoms with Crippen molar-refractivity contribution in [1.82, 2.24) is 4.90 Å². The van der Waals surface area contributed by atoms with Crippen LogP contribution in [0.3, 0.4) is 0 Å². The van der Waals surface area contributed by atoms with E-state index in [1.807, 2.05) is 36.4 Å². The summed E-state index contributed by atoms with van der Waals surface area (Å²) in [5.74, 6) is -0.278. The van der Waals surface area contributed by atoms with Gasteiger partial charge in [0.05, 0.1) is 5.41 Å². The number of hydrogen-bond donors (Lipinski definition) is 0. The Morgan fingerprint density at radius 3 is 2.14 bits per heavy atom. The molecule has 2 aliphatic rings. The summed E-state index contributed by atoms with van der Waals surface area (Å²) < 4.78 is 0. The molecule has 0 N–H and O–H groups in total. The van der Waals surface area contributed by atoms with E-state index in [0.29, 0.717) is 18.4 Å². The van der Waals surface area contributed by atoms with E-state index < -0.39 is 5.41 Å². The van der Waals surface area contributed by atoms with Gasteiger partial charge in [0.25, 0.3) is 5.91 Å². The fourth-order valence-electron chi connectivity index (χ4n) is 3.75. The summed E-state index contributed by atoms with van der Waals surface area (Å²) in [6.45, 7) is 0. The van der Waals surface area contributed by atoms with Crippen molar-refractivity contribution < 1.29 is 9.59 Å². The average molecular weight is 277 g/mol. The predicted octanol–water partition coefficient (Wildman–Crippen LogP) is 2.34. The summed E-state index contributed by atoms with van der Waals surface area (Å²) in [6, 6.07) is 15.7. The summed E-state index contributed by atoms with van der Waals surface area (Å²) in [5, 5.41) is 0. The quantitative estimate of drug-likeness (QED) is 0.693. The molecule has 0 saturated heterocycles. The lowest BCUT2D eigenvalue weighted by Crippen LogP contribution is -2.53. The van der Waals surface area contributed by atoms with E-state index in [1.165, 1.54) is 16.0 Å². The van der Waals surface area contributed by atoms with Crippen LogP contribution in [0.1, 0.15) is 27.0 Å². The number of carbonyl (C=O) groups is 2. The molecule has 0 bridgehead atoms.